The Labute approximate surface area is 167 Å². The van der Waals surface area contributed by atoms with Crippen LogP contribution in [-0.2, 0) is 20.9 Å². The lowest BCUT2D eigenvalue weighted by Crippen LogP contribution is -2.47. The third-order valence-corrected chi connectivity index (χ3v) is 4.93. The van der Waals surface area contributed by atoms with E-state index in [4.69, 9.17) is 4.74 Å². The molecule has 0 spiro atoms. The molecule has 0 unspecified atom stereocenters. The number of piperidine rings is 1. The van der Waals surface area contributed by atoms with Crippen molar-refractivity contribution in [2.75, 3.05) is 26.2 Å². The van der Waals surface area contributed by atoms with Crippen LogP contribution in [0.25, 0.3) is 0 Å². The predicted octanol–water partition coefficient (Wildman–Crippen LogP) is 2.47. The van der Waals surface area contributed by atoms with Crippen LogP contribution in [-0.4, -0.2) is 60.0 Å². The number of likely N-dealkylation sites (tertiary alicyclic amines) is 1. The van der Waals surface area contributed by atoms with Crippen molar-refractivity contribution >= 4 is 17.9 Å². The maximum atomic E-state index is 12.3. The van der Waals surface area contributed by atoms with Gasteiger partial charge in [0.2, 0.25) is 11.8 Å². The minimum Gasteiger partial charge on any atom is -0.450 e. The summed E-state index contributed by atoms with van der Waals surface area (Å²) in [6.45, 7) is 7.75. The molecule has 7 heteroatoms. The molecule has 1 aliphatic heterocycles. The number of ether oxygens (including phenoxy) is 1. The average Bonchev–Trinajstić information content (AvgIpc) is 2.67. The lowest BCUT2D eigenvalue weighted by atomic mass is 10.1. The number of nitrogens with one attached hydrogen (secondary N) is 1. The van der Waals surface area contributed by atoms with Gasteiger partial charge in [-0.3, -0.25) is 9.59 Å². The zero-order valence-corrected chi connectivity index (χ0v) is 17.1. The summed E-state index contributed by atoms with van der Waals surface area (Å²) < 4.78 is 5.00. The molecule has 0 atom stereocenters. The molecule has 1 heterocycles. The van der Waals surface area contributed by atoms with Crippen molar-refractivity contribution in [1.82, 2.24) is 15.1 Å². The first-order valence-electron chi connectivity index (χ1n) is 9.91. The first-order valence-corrected chi connectivity index (χ1v) is 9.91. The van der Waals surface area contributed by atoms with E-state index >= 15 is 0 Å². The van der Waals surface area contributed by atoms with Gasteiger partial charge in [0.15, 0.2) is 0 Å². The first-order chi connectivity index (χ1) is 13.4. The summed E-state index contributed by atoms with van der Waals surface area (Å²) in [4.78, 5) is 39.3. The van der Waals surface area contributed by atoms with Gasteiger partial charge < -0.3 is 19.9 Å². The number of hydrogen-bond donors (Lipinski definition) is 1. The monoisotopic (exact) mass is 389 g/mol. The molecule has 28 heavy (non-hydrogen) atoms. The van der Waals surface area contributed by atoms with Crippen LogP contribution < -0.4 is 5.32 Å². The fourth-order valence-corrected chi connectivity index (χ4v) is 3.22. The van der Waals surface area contributed by atoms with E-state index in [-0.39, 0.29) is 30.4 Å². The smallest absolute Gasteiger partial charge is 0.409 e. The Kier molecular flexibility index (Phi) is 8.29. The van der Waals surface area contributed by atoms with E-state index in [0.717, 1.165) is 5.56 Å². The lowest BCUT2D eigenvalue weighted by molar-refractivity contribution is -0.130. The molecular formula is C21H31N3O4. The zero-order chi connectivity index (χ0) is 20.5. The zero-order valence-electron chi connectivity index (χ0n) is 17.1. The molecule has 3 amide bonds. The third kappa shape index (κ3) is 6.87. The van der Waals surface area contributed by atoms with E-state index in [1.54, 1.807) is 16.7 Å². The minimum absolute atomic E-state index is 0.0453. The van der Waals surface area contributed by atoms with Gasteiger partial charge in [-0.25, -0.2) is 4.79 Å². The van der Waals surface area contributed by atoms with Crippen LogP contribution in [0.15, 0.2) is 24.3 Å². The summed E-state index contributed by atoms with van der Waals surface area (Å²) >= 11 is 0. The van der Waals surface area contributed by atoms with Crippen LogP contribution in [0.1, 0.15) is 44.2 Å². The Balaban J connectivity index is 1.75. The van der Waals surface area contributed by atoms with Gasteiger partial charge >= 0.3 is 6.09 Å². The molecule has 154 valence electrons. The van der Waals surface area contributed by atoms with Crippen LogP contribution in [0.5, 0.6) is 0 Å². The van der Waals surface area contributed by atoms with Gasteiger partial charge in [0.25, 0.3) is 0 Å². The molecule has 1 aliphatic rings. The van der Waals surface area contributed by atoms with Crippen molar-refractivity contribution in [2.24, 2.45) is 0 Å². The van der Waals surface area contributed by atoms with Crippen LogP contribution in [0.3, 0.4) is 0 Å². The Morgan fingerprint density at radius 1 is 1.18 bits per heavy atom. The molecule has 0 bridgehead atoms. The summed E-state index contributed by atoms with van der Waals surface area (Å²) in [7, 11) is 0. The van der Waals surface area contributed by atoms with Crippen LogP contribution in [0, 0.1) is 6.92 Å². The lowest BCUT2D eigenvalue weighted by Gasteiger charge is -2.31. The maximum absolute atomic E-state index is 12.3. The van der Waals surface area contributed by atoms with Crippen molar-refractivity contribution in [2.45, 2.75) is 52.6 Å². The topological polar surface area (TPSA) is 79.0 Å². The van der Waals surface area contributed by atoms with Crippen LogP contribution in [0.4, 0.5) is 4.79 Å². The van der Waals surface area contributed by atoms with Crippen LogP contribution in [0.2, 0.25) is 0 Å². The van der Waals surface area contributed by atoms with Gasteiger partial charge in [0, 0.05) is 45.6 Å². The highest BCUT2D eigenvalue weighted by molar-refractivity contribution is 5.78. The molecule has 1 saturated heterocycles. The van der Waals surface area contributed by atoms with Gasteiger partial charge in [-0.2, -0.15) is 0 Å². The molecule has 1 N–H and O–H groups in total. The third-order valence-electron chi connectivity index (χ3n) is 4.93. The summed E-state index contributed by atoms with van der Waals surface area (Å²) in [6.07, 6.45) is 1.40. The fourth-order valence-electron chi connectivity index (χ4n) is 3.22. The molecular weight excluding hydrogens is 358 g/mol. The van der Waals surface area contributed by atoms with E-state index in [1.807, 2.05) is 31.2 Å². The molecule has 0 aromatic heterocycles. The molecule has 0 aliphatic carbocycles. The number of benzene rings is 1. The van der Waals surface area contributed by atoms with E-state index in [2.05, 4.69) is 5.32 Å². The van der Waals surface area contributed by atoms with Crippen molar-refractivity contribution in [3.05, 3.63) is 35.4 Å². The number of aryl methyl sites for hydroxylation is 1. The number of nitrogens with zero attached hydrogens (tertiary/aromatic N) is 2. The van der Waals surface area contributed by atoms with Crippen molar-refractivity contribution in [3.63, 3.8) is 0 Å². The second kappa shape index (κ2) is 10.7. The van der Waals surface area contributed by atoms with Crippen molar-refractivity contribution in [1.29, 1.82) is 0 Å². The Hall–Kier alpha value is -2.57. The van der Waals surface area contributed by atoms with E-state index in [9.17, 15) is 14.4 Å². The molecule has 2 rings (SSSR count). The average molecular weight is 389 g/mol. The molecule has 7 nitrogen and oxygen atoms in total. The predicted molar refractivity (Wildman–Crippen MR) is 107 cm³/mol. The standard InChI is InChI=1S/C21H31N3O4/c1-4-28-21(27)23-12-9-19(10-13-23)22-20(26)11-14-24(17(3)25)15-18-7-5-16(2)6-8-18/h5-8,19H,4,9-15H2,1-3H3,(H,22,26). The number of carbonyl (C=O) groups excluding carboxylic acids is 3. The fraction of sp³-hybridized carbons (Fsp3) is 0.571. The summed E-state index contributed by atoms with van der Waals surface area (Å²) in [6, 6.07) is 8.10. The Bertz CT molecular complexity index is 667. The summed E-state index contributed by atoms with van der Waals surface area (Å²) in [5.74, 6) is -0.110. The highest BCUT2D eigenvalue weighted by atomic mass is 16.6. The number of rotatable bonds is 7. The van der Waals surface area contributed by atoms with Gasteiger partial charge in [-0.05, 0) is 32.3 Å². The Morgan fingerprint density at radius 3 is 2.39 bits per heavy atom. The SMILES string of the molecule is CCOC(=O)N1CCC(NC(=O)CCN(Cc2ccc(C)cc2)C(C)=O)CC1. The molecule has 0 saturated carbocycles. The minimum atomic E-state index is -0.291. The Morgan fingerprint density at radius 2 is 1.82 bits per heavy atom. The highest BCUT2D eigenvalue weighted by Crippen LogP contribution is 2.12. The quantitative estimate of drug-likeness (QED) is 0.777. The molecule has 1 fully saturated rings. The van der Waals surface area contributed by atoms with Crippen molar-refractivity contribution < 1.29 is 19.1 Å². The van der Waals surface area contributed by atoms with Crippen molar-refractivity contribution in [3.8, 4) is 0 Å². The first kappa shape index (κ1) is 21.7. The van der Waals surface area contributed by atoms with E-state index in [1.165, 1.54) is 12.5 Å². The van der Waals surface area contributed by atoms with Gasteiger partial charge in [-0.15, -0.1) is 0 Å². The number of hydrogen-bond acceptors (Lipinski definition) is 4. The molecule has 1 aromatic rings. The van der Waals surface area contributed by atoms with E-state index in [0.29, 0.717) is 45.6 Å². The van der Waals surface area contributed by atoms with Gasteiger partial charge in [0.1, 0.15) is 0 Å². The van der Waals surface area contributed by atoms with Gasteiger partial charge in [0.05, 0.1) is 6.61 Å². The largest absolute Gasteiger partial charge is 0.450 e. The molecule has 1 aromatic carbocycles. The van der Waals surface area contributed by atoms with Crippen LogP contribution >= 0.6 is 0 Å². The normalized spacial score (nSPS) is 14.5. The number of amides is 3. The second-order valence-electron chi connectivity index (χ2n) is 7.20. The summed E-state index contributed by atoms with van der Waals surface area (Å²) in [5.41, 5.74) is 2.22. The second-order valence-corrected chi connectivity index (χ2v) is 7.20. The maximum Gasteiger partial charge on any atom is 0.409 e. The van der Waals surface area contributed by atoms with E-state index < -0.39 is 0 Å². The van der Waals surface area contributed by atoms with Gasteiger partial charge in [-0.1, -0.05) is 29.8 Å². The summed E-state index contributed by atoms with van der Waals surface area (Å²) in [5, 5.41) is 3.02. The highest BCUT2D eigenvalue weighted by Gasteiger charge is 2.24. The number of carbonyl (C=O) groups is 3. The molecule has 0 radical (unpaired) electrons.